The SMILES string of the molecule is [O-][n+]1ccc(CN2CC(O)C[C@H]2CO)cc1. The van der Waals surface area contributed by atoms with Crippen LogP contribution in [0.2, 0.25) is 0 Å². The zero-order valence-corrected chi connectivity index (χ0v) is 8.99. The van der Waals surface area contributed by atoms with E-state index < -0.39 is 0 Å². The van der Waals surface area contributed by atoms with Gasteiger partial charge in [0.25, 0.3) is 0 Å². The standard InChI is InChI=1S/C11H16N2O3/c14-8-10-5-11(15)7-12(10)6-9-1-3-13(16)4-2-9/h1-4,10-11,14-15H,5-8H2/t10-,11?/m0/s1. The molecule has 2 rings (SSSR count). The van der Waals surface area contributed by atoms with Gasteiger partial charge in [-0.1, -0.05) is 0 Å². The van der Waals surface area contributed by atoms with Gasteiger partial charge < -0.3 is 15.4 Å². The largest absolute Gasteiger partial charge is 0.619 e. The second kappa shape index (κ2) is 4.78. The van der Waals surface area contributed by atoms with Gasteiger partial charge in [0, 0.05) is 31.3 Å². The molecule has 1 aliphatic heterocycles. The first-order chi connectivity index (χ1) is 7.69. The van der Waals surface area contributed by atoms with E-state index in [-0.39, 0.29) is 18.8 Å². The van der Waals surface area contributed by atoms with Gasteiger partial charge in [0.1, 0.15) is 0 Å². The number of aliphatic hydroxyl groups is 2. The Hall–Kier alpha value is -1.17. The van der Waals surface area contributed by atoms with Crippen LogP contribution in [0.15, 0.2) is 24.5 Å². The minimum absolute atomic E-state index is 0.0228. The number of aromatic nitrogens is 1. The van der Waals surface area contributed by atoms with Crippen LogP contribution in [0.5, 0.6) is 0 Å². The monoisotopic (exact) mass is 224 g/mol. The van der Waals surface area contributed by atoms with Gasteiger partial charge in [-0.05, 0) is 12.0 Å². The van der Waals surface area contributed by atoms with E-state index >= 15 is 0 Å². The van der Waals surface area contributed by atoms with Crippen LogP contribution >= 0.6 is 0 Å². The second-order valence-electron chi connectivity index (χ2n) is 4.22. The Kier molecular flexibility index (Phi) is 3.38. The van der Waals surface area contributed by atoms with Crippen LogP contribution in [-0.2, 0) is 6.54 Å². The van der Waals surface area contributed by atoms with Crippen molar-refractivity contribution >= 4 is 0 Å². The topological polar surface area (TPSA) is 70.6 Å². The summed E-state index contributed by atoms with van der Waals surface area (Å²) >= 11 is 0. The highest BCUT2D eigenvalue weighted by Crippen LogP contribution is 2.19. The number of pyridine rings is 1. The van der Waals surface area contributed by atoms with Crippen molar-refractivity contribution in [3.05, 3.63) is 35.3 Å². The molecule has 0 spiro atoms. The van der Waals surface area contributed by atoms with E-state index in [1.165, 1.54) is 12.4 Å². The van der Waals surface area contributed by atoms with Crippen molar-refractivity contribution in [1.29, 1.82) is 0 Å². The second-order valence-corrected chi connectivity index (χ2v) is 4.22. The molecule has 2 atom stereocenters. The number of β-amino-alcohol motifs (C(OH)–C–C–N with tert-alkyl or cyclic N) is 1. The summed E-state index contributed by atoms with van der Waals surface area (Å²) in [5, 5.41) is 29.5. The summed E-state index contributed by atoms with van der Waals surface area (Å²) in [5.41, 5.74) is 1.01. The van der Waals surface area contributed by atoms with Gasteiger partial charge in [-0.2, -0.15) is 4.73 Å². The van der Waals surface area contributed by atoms with Gasteiger partial charge in [-0.15, -0.1) is 0 Å². The summed E-state index contributed by atoms with van der Waals surface area (Å²) in [7, 11) is 0. The minimum Gasteiger partial charge on any atom is -0.619 e. The molecule has 1 unspecified atom stereocenters. The third kappa shape index (κ3) is 2.49. The highest BCUT2D eigenvalue weighted by molar-refractivity contribution is 5.08. The summed E-state index contributed by atoms with van der Waals surface area (Å²) in [6.45, 7) is 1.30. The number of hydrogen-bond donors (Lipinski definition) is 2. The molecule has 5 nitrogen and oxygen atoms in total. The van der Waals surface area contributed by atoms with Gasteiger partial charge in [-0.25, -0.2) is 0 Å². The fraction of sp³-hybridized carbons (Fsp3) is 0.545. The quantitative estimate of drug-likeness (QED) is 0.523. The van der Waals surface area contributed by atoms with Crippen LogP contribution in [-0.4, -0.2) is 40.4 Å². The Bertz CT molecular complexity index is 342. The van der Waals surface area contributed by atoms with Crippen molar-refractivity contribution in [3.8, 4) is 0 Å². The van der Waals surface area contributed by atoms with Crippen molar-refractivity contribution in [2.75, 3.05) is 13.2 Å². The summed E-state index contributed by atoms with van der Waals surface area (Å²) < 4.78 is 0.742. The molecule has 1 fully saturated rings. The molecule has 0 amide bonds. The molecule has 1 saturated heterocycles. The maximum Gasteiger partial charge on any atom is 0.180 e. The molecule has 0 bridgehead atoms. The fourth-order valence-electron chi connectivity index (χ4n) is 2.12. The average Bonchev–Trinajstić information content (AvgIpc) is 2.62. The molecule has 16 heavy (non-hydrogen) atoms. The maximum absolute atomic E-state index is 10.9. The molecule has 0 aliphatic carbocycles. The average molecular weight is 224 g/mol. The van der Waals surface area contributed by atoms with E-state index in [2.05, 4.69) is 0 Å². The Labute approximate surface area is 94.1 Å². The normalized spacial score (nSPS) is 26.1. The summed E-state index contributed by atoms with van der Waals surface area (Å²) in [6, 6.07) is 3.53. The Morgan fingerprint density at radius 2 is 2.12 bits per heavy atom. The number of aliphatic hydroxyl groups excluding tert-OH is 2. The molecule has 88 valence electrons. The van der Waals surface area contributed by atoms with E-state index in [0.717, 1.165) is 10.3 Å². The smallest absolute Gasteiger partial charge is 0.180 e. The molecular formula is C11H16N2O3. The van der Waals surface area contributed by atoms with Crippen molar-refractivity contribution in [2.24, 2.45) is 0 Å². The van der Waals surface area contributed by atoms with Gasteiger partial charge in [0.15, 0.2) is 12.4 Å². The molecule has 1 aromatic rings. The van der Waals surface area contributed by atoms with Gasteiger partial charge in [0.2, 0.25) is 0 Å². The predicted octanol–water partition coefficient (Wildman–Crippen LogP) is -0.753. The van der Waals surface area contributed by atoms with Crippen LogP contribution in [0.25, 0.3) is 0 Å². The molecule has 1 aliphatic rings. The first-order valence-corrected chi connectivity index (χ1v) is 5.39. The highest BCUT2D eigenvalue weighted by atomic mass is 16.5. The lowest BCUT2D eigenvalue weighted by Crippen LogP contribution is -2.32. The Morgan fingerprint density at radius 1 is 1.44 bits per heavy atom. The molecular weight excluding hydrogens is 208 g/mol. The number of nitrogens with zero attached hydrogens (tertiary/aromatic N) is 2. The lowest BCUT2D eigenvalue weighted by molar-refractivity contribution is -0.605. The van der Waals surface area contributed by atoms with Crippen LogP contribution in [0.4, 0.5) is 0 Å². The molecule has 0 saturated carbocycles. The van der Waals surface area contributed by atoms with Crippen molar-refractivity contribution in [1.82, 2.24) is 4.90 Å². The van der Waals surface area contributed by atoms with Crippen LogP contribution in [0.1, 0.15) is 12.0 Å². The third-order valence-electron chi connectivity index (χ3n) is 2.97. The van der Waals surface area contributed by atoms with Crippen molar-refractivity contribution in [3.63, 3.8) is 0 Å². The molecule has 2 heterocycles. The number of hydrogen-bond acceptors (Lipinski definition) is 4. The van der Waals surface area contributed by atoms with E-state index in [4.69, 9.17) is 5.11 Å². The first kappa shape index (κ1) is 11.3. The van der Waals surface area contributed by atoms with Gasteiger partial charge >= 0.3 is 0 Å². The highest BCUT2D eigenvalue weighted by Gasteiger charge is 2.30. The fourth-order valence-corrected chi connectivity index (χ4v) is 2.12. The maximum atomic E-state index is 10.9. The molecule has 0 aromatic carbocycles. The summed E-state index contributed by atoms with van der Waals surface area (Å²) in [4.78, 5) is 2.04. The van der Waals surface area contributed by atoms with Crippen molar-refractivity contribution < 1.29 is 14.9 Å². The van der Waals surface area contributed by atoms with Gasteiger partial charge in [0.05, 0.1) is 12.7 Å². The lowest BCUT2D eigenvalue weighted by Gasteiger charge is -2.21. The molecule has 2 N–H and O–H groups in total. The van der Waals surface area contributed by atoms with E-state index in [1.807, 2.05) is 4.90 Å². The van der Waals surface area contributed by atoms with E-state index in [9.17, 15) is 10.3 Å². The van der Waals surface area contributed by atoms with Crippen LogP contribution in [0, 0.1) is 5.21 Å². The molecule has 1 aromatic heterocycles. The third-order valence-corrected chi connectivity index (χ3v) is 2.97. The van der Waals surface area contributed by atoms with E-state index in [1.54, 1.807) is 12.1 Å². The molecule has 0 radical (unpaired) electrons. The van der Waals surface area contributed by atoms with Crippen molar-refractivity contribution in [2.45, 2.75) is 25.1 Å². The summed E-state index contributed by atoms with van der Waals surface area (Å²) in [6.07, 6.45) is 3.17. The molecule has 5 heteroatoms. The predicted molar refractivity (Wildman–Crippen MR) is 57.3 cm³/mol. The minimum atomic E-state index is -0.356. The van der Waals surface area contributed by atoms with Gasteiger partial charge in [-0.3, -0.25) is 4.90 Å². The number of rotatable bonds is 3. The van der Waals surface area contributed by atoms with Crippen LogP contribution in [0.3, 0.4) is 0 Å². The zero-order valence-electron chi connectivity index (χ0n) is 8.99. The first-order valence-electron chi connectivity index (χ1n) is 5.39. The van der Waals surface area contributed by atoms with Crippen LogP contribution < -0.4 is 4.73 Å². The lowest BCUT2D eigenvalue weighted by atomic mass is 10.2. The number of likely N-dealkylation sites (tertiary alicyclic amines) is 1. The Morgan fingerprint density at radius 3 is 2.75 bits per heavy atom. The Balaban J connectivity index is 2.01. The zero-order chi connectivity index (χ0) is 11.5. The van der Waals surface area contributed by atoms with E-state index in [0.29, 0.717) is 19.5 Å². The summed E-state index contributed by atoms with van der Waals surface area (Å²) in [5.74, 6) is 0.